The maximum atomic E-state index is 11.9. The number of rotatable bonds is 7. The van der Waals surface area contributed by atoms with Crippen LogP contribution in [0.15, 0.2) is 36.7 Å². The fourth-order valence-electron chi connectivity index (χ4n) is 1.92. The lowest BCUT2D eigenvalue weighted by molar-refractivity contribution is -0.143. The number of nitrogens with one attached hydrogen (secondary N) is 1. The van der Waals surface area contributed by atoms with Crippen molar-refractivity contribution in [1.29, 1.82) is 0 Å². The normalized spacial score (nSPS) is 12.5. The van der Waals surface area contributed by atoms with Gasteiger partial charge in [0.05, 0.1) is 13.4 Å². The van der Waals surface area contributed by atoms with Gasteiger partial charge in [0, 0.05) is 6.42 Å². The van der Waals surface area contributed by atoms with Crippen molar-refractivity contribution in [3.8, 4) is 5.75 Å². The van der Waals surface area contributed by atoms with E-state index in [1.807, 2.05) is 0 Å². The Morgan fingerprint density at radius 1 is 1.24 bits per heavy atom. The molecule has 0 aliphatic rings. The molecule has 0 aromatic heterocycles. The molecule has 6 nitrogen and oxygen atoms in total. The number of benzene rings is 1. The van der Waals surface area contributed by atoms with Crippen molar-refractivity contribution in [1.82, 2.24) is 5.32 Å². The number of esters is 1. The van der Waals surface area contributed by atoms with Gasteiger partial charge in [0.25, 0.3) is 0 Å². The largest absolute Gasteiger partial charge is 0.489 e. The maximum absolute atomic E-state index is 11.9. The molecule has 138 valence electrons. The maximum Gasteiger partial charge on any atom is 0.408 e. The van der Waals surface area contributed by atoms with Crippen LogP contribution in [0.25, 0.3) is 0 Å². The van der Waals surface area contributed by atoms with Crippen molar-refractivity contribution < 1.29 is 28.2 Å². The lowest BCUT2D eigenvalue weighted by Gasteiger charge is -2.22. The van der Waals surface area contributed by atoms with E-state index in [2.05, 4.69) is 5.32 Å². The first-order chi connectivity index (χ1) is 11.7. The Kier molecular flexibility index (Phi) is 7.91. The monoisotopic (exact) mass is 352 g/mol. The first-order valence-corrected chi connectivity index (χ1v) is 7.79. The van der Waals surface area contributed by atoms with Gasteiger partial charge in [-0.1, -0.05) is 12.1 Å². The first-order valence-electron chi connectivity index (χ1n) is 7.79. The summed E-state index contributed by atoms with van der Waals surface area (Å²) in [4.78, 5) is 23.8. The number of carbonyl (C=O) groups is 2. The van der Waals surface area contributed by atoms with Crippen LogP contribution in [0.2, 0.25) is 0 Å². The highest BCUT2D eigenvalue weighted by Gasteiger charge is 2.25. The molecule has 1 amide bonds. The number of amides is 1. The number of hydrogen-bond acceptors (Lipinski definition) is 5. The molecule has 0 radical (unpaired) electrons. The minimum Gasteiger partial charge on any atom is -0.489 e. The van der Waals surface area contributed by atoms with Crippen LogP contribution in [-0.4, -0.2) is 37.4 Å². The van der Waals surface area contributed by atoms with Crippen LogP contribution < -0.4 is 10.1 Å². The molecule has 1 atom stereocenters. The van der Waals surface area contributed by atoms with E-state index in [1.54, 1.807) is 45.0 Å². The fraction of sp³-hybridized carbons (Fsp3) is 0.444. The van der Waals surface area contributed by atoms with Crippen LogP contribution in [0, 0.1) is 0 Å². The summed E-state index contributed by atoms with van der Waals surface area (Å²) >= 11 is 0. The van der Waals surface area contributed by atoms with Crippen LogP contribution in [-0.2, 0) is 20.7 Å². The minimum absolute atomic E-state index is 0.126. The van der Waals surface area contributed by atoms with Crippen LogP contribution in [0.5, 0.6) is 5.75 Å². The summed E-state index contributed by atoms with van der Waals surface area (Å²) in [7, 11) is 1.25. The van der Waals surface area contributed by atoms with Crippen molar-refractivity contribution in [2.75, 3.05) is 13.7 Å². The number of methoxy groups -OCH3 is 1. The van der Waals surface area contributed by atoms with Crippen LogP contribution in [0.3, 0.4) is 0 Å². The van der Waals surface area contributed by atoms with E-state index in [-0.39, 0.29) is 13.0 Å². The van der Waals surface area contributed by atoms with E-state index >= 15 is 0 Å². The summed E-state index contributed by atoms with van der Waals surface area (Å²) in [5, 5.41) is 2.51. The van der Waals surface area contributed by atoms with Crippen molar-refractivity contribution in [3.63, 3.8) is 0 Å². The van der Waals surface area contributed by atoms with Crippen LogP contribution in [0.4, 0.5) is 9.18 Å². The third-order valence-corrected chi connectivity index (χ3v) is 2.98. The van der Waals surface area contributed by atoms with Gasteiger partial charge in [-0.15, -0.1) is 0 Å². The summed E-state index contributed by atoms with van der Waals surface area (Å²) < 4.78 is 27.0. The topological polar surface area (TPSA) is 73.9 Å². The van der Waals surface area contributed by atoms with E-state index in [0.29, 0.717) is 12.1 Å². The zero-order chi connectivity index (χ0) is 18.9. The first kappa shape index (κ1) is 20.5. The van der Waals surface area contributed by atoms with Gasteiger partial charge in [-0.25, -0.2) is 14.0 Å². The Morgan fingerprint density at radius 3 is 2.40 bits per heavy atom. The van der Waals surface area contributed by atoms with E-state index in [4.69, 9.17) is 14.2 Å². The van der Waals surface area contributed by atoms with Gasteiger partial charge in [0.15, 0.2) is 0 Å². The van der Waals surface area contributed by atoms with E-state index in [9.17, 15) is 14.0 Å². The molecular weight excluding hydrogens is 328 g/mol. The van der Waals surface area contributed by atoms with Gasteiger partial charge in [-0.3, -0.25) is 0 Å². The summed E-state index contributed by atoms with van der Waals surface area (Å²) in [6.07, 6.45) is 1.20. The lowest BCUT2D eigenvalue weighted by Crippen LogP contribution is -2.45. The van der Waals surface area contributed by atoms with E-state index < -0.39 is 23.7 Å². The second-order valence-electron chi connectivity index (χ2n) is 6.24. The lowest BCUT2D eigenvalue weighted by atomic mass is 10.1. The number of carbonyl (C=O) groups excluding carboxylic acids is 2. The van der Waals surface area contributed by atoms with Gasteiger partial charge >= 0.3 is 12.1 Å². The zero-order valence-corrected chi connectivity index (χ0v) is 14.9. The average Bonchev–Trinajstić information content (AvgIpc) is 2.53. The summed E-state index contributed by atoms with van der Waals surface area (Å²) in [6.45, 7) is 5.32. The number of halogens is 1. The second-order valence-corrected chi connectivity index (χ2v) is 6.24. The second kappa shape index (κ2) is 9.66. The van der Waals surface area contributed by atoms with E-state index in [1.165, 1.54) is 13.2 Å². The number of hydrogen-bond donors (Lipinski definition) is 1. The fourth-order valence-corrected chi connectivity index (χ4v) is 1.92. The number of ether oxygens (including phenoxy) is 3. The van der Waals surface area contributed by atoms with Crippen LogP contribution in [0.1, 0.15) is 26.3 Å². The third-order valence-electron chi connectivity index (χ3n) is 2.98. The van der Waals surface area contributed by atoms with Crippen molar-refractivity contribution in [2.24, 2.45) is 0 Å². The average molecular weight is 352 g/mol. The molecule has 0 saturated heterocycles. The van der Waals surface area contributed by atoms with Crippen LogP contribution >= 0.6 is 0 Å². The Bertz CT molecular complexity index is 592. The Hall–Kier alpha value is -2.57. The Labute approximate surface area is 147 Å². The molecule has 0 saturated carbocycles. The Balaban J connectivity index is 2.71. The predicted molar refractivity (Wildman–Crippen MR) is 91.1 cm³/mol. The van der Waals surface area contributed by atoms with Gasteiger partial charge in [-0.05, 0) is 44.5 Å². The SMILES string of the molecule is COC(=O)C(Cc1ccc(OC/C=C/[18F])cc1)NC(=O)OC(C)(C)C. The molecular formula is C18H24FNO5. The summed E-state index contributed by atoms with van der Waals surface area (Å²) in [5.41, 5.74) is 0.123. The zero-order valence-electron chi connectivity index (χ0n) is 14.9. The standard InChI is InChI=1S/C18H24FNO5/c1-18(2,3)25-17(22)20-15(16(21)23-4)12-13-6-8-14(9-7-13)24-11-5-10-19/h5-10,15H,11-12H2,1-4H3,(H,20,22)/b10-5+/i19-1. The molecule has 7 heteroatoms. The summed E-state index contributed by atoms with van der Waals surface area (Å²) in [5.74, 6) is -0.00385. The number of alkyl carbamates (subject to hydrolysis) is 1. The smallest absolute Gasteiger partial charge is 0.408 e. The van der Waals surface area contributed by atoms with Crippen molar-refractivity contribution >= 4 is 12.1 Å². The highest BCUT2D eigenvalue weighted by atomic mass is 18.2. The van der Waals surface area contributed by atoms with Crippen molar-refractivity contribution in [2.45, 2.75) is 38.8 Å². The molecule has 1 rings (SSSR count). The molecule has 0 bridgehead atoms. The van der Waals surface area contributed by atoms with Gasteiger partial charge in [-0.2, -0.15) is 0 Å². The predicted octanol–water partition coefficient (Wildman–Crippen LogP) is 3.16. The van der Waals surface area contributed by atoms with Gasteiger partial charge in [0.2, 0.25) is 0 Å². The van der Waals surface area contributed by atoms with Crippen molar-refractivity contribution in [3.05, 3.63) is 42.2 Å². The quantitative estimate of drug-likeness (QED) is 0.763. The molecule has 25 heavy (non-hydrogen) atoms. The molecule has 0 aliphatic carbocycles. The molecule has 1 unspecified atom stereocenters. The highest BCUT2D eigenvalue weighted by molar-refractivity contribution is 5.81. The molecule has 0 spiro atoms. The minimum atomic E-state index is -0.874. The van der Waals surface area contributed by atoms with E-state index in [0.717, 1.165) is 5.56 Å². The molecule has 1 aromatic rings. The van der Waals surface area contributed by atoms with Gasteiger partial charge < -0.3 is 19.5 Å². The molecule has 0 heterocycles. The molecule has 1 N–H and O–H groups in total. The Morgan fingerprint density at radius 2 is 1.88 bits per heavy atom. The van der Waals surface area contributed by atoms with Gasteiger partial charge in [0.1, 0.15) is 24.0 Å². The highest BCUT2D eigenvalue weighted by Crippen LogP contribution is 2.14. The molecule has 0 aliphatic heterocycles. The third kappa shape index (κ3) is 8.19. The summed E-state index contributed by atoms with van der Waals surface area (Å²) in [6, 6.07) is 6.02. The molecule has 0 fully saturated rings. The molecule has 1 aromatic carbocycles.